The van der Waals surface area contributed by atoms with Crippen LogP contribution < -0.4 is 5.73 Å². The van der Waals surface area contributed by atoms with E-state index in [1.165, 1.54) is 4.90 Å². The maximum atomic E-state index is 14.3. The normalized spacial score (nSPS) is 18.8. The highest BCUT2D eigenvalue weighted by molar-refractivity contribution is 6.09. The molecular weight excluding hydrogens is 374 g/mol. The highest BCUT2D eigenvalue weighted by atomic mass is 19.1. The Hall–Kier alpha value is -3.61. The van der Waals surface area contributed by atoms with Crippen LogP contribution in [-0.2, 0) is 10.3 Å². The molecule has 1 aliphatic heterocycles. The molecule has 146 valence electrons. The number of benzene rings is 2. The zero-order valence-electron chi connectivity index (χ0n) is 15.9. The number of aryl methyl sites for hydroxylation is 1. The number of guanidine groups is 1. The van der Waals surface area contributed by atoms with E-state index < -0.39 is 17.2 Å². The lowest BCUT2D eigenvalue weighted by atomic mass is 9.82. The largest absolute Gasteiger partial charge is 0.369 e. The number of rotatable bonds is 3. The summed E-state index contributed by atoms with van der Waals surface area (Å²) in [6.45, 7) is 1.81. The number of halogens is 2. The van der Waals surface area contributed by atoms with E-state index in [0.717, 1.165) is 18.2 Å². The number of aromatic nitrogens is 1. The van der Waals surface area contributed by atoms with Crippen molar-refractivity contribution in [2.75, 3.05) is 7.05 Å². The fraction of sp³-hybridized carbons (Fsp3) is 0.136. The molecule has 1 unspecified atom stereocenters. The number of likely N-dealkylation sites (N-methyl/N-ethyl adjacent to an activating group) is 1. The SMILES string of the molecule is Cc1cc(C2(c3cccc(-c4cc(F)ccc4F)c3)N=C(N)N(C)C2=O)ccn1. The van der Waals surface area contributed by atoms with E-state index >= 15 is 0 Å². The van der Waals surface area contributed by atoms with Gasteiger partial charge in [0.2, 0.25) is 0 Å². The van der Waals surface area contributed by atoms with Crippen molar-refractivity contribution in [1.29, 1.82) is 0 Å². The molecule has 0 radical (unpaired) electrons. The van der Waals surface area contributed by atoms with Crippen molar-refractivity contribution < 1.29 is 13.6 Å². The number of pyridine rings is 1. The molecule has 1 amide bonds. The van der Waals surface area contributed by atoms with Crippen molar-refractivity contribution in [3.63, 3.8) is 0 Å². The van der Waals surface area contributed by atoms with Crippen molar-refractivity contribution in [1.82, 2.24) is 9.88 Å². The third-order valence-electron chi connectivity index (χ3n) is 5.07. The molecule has 1 aliphatic rings. The average Bonchev–Trinajstić information content (AvgIpc) is 2.95. The summed E-state index contributed by atoms with van der Waals surface area (Å²) in [6, 6.07) is 13.4. The minimum absolute atomic E-state index is 0.0757. The Kier molecular flexibility index (Phi) is 4.38. The zero-order chi connectivity index (χ0) is 20.8. The van der Waals surface area contributed by atoms with Crippen LogP contribution in [0.25, 0.3) is 11.1 Å². The molecule has 3 aromatic rings. The summed E-state index contributed by atoms with van der Waals surface area (Å²) in [4.78, 5) is 23.3. The van der Waals surface area contributed by atoms with Gasteiger partial charge >= 0.3 is 0 Å². The fourth-order valence-corrected chi connectivity index (χ4v) is 3.59. The van der Waals surface area contributed by atoms with Crippen LogP contribution in [0.15, 0.2) is 65.8 Å². The van der Waals surface area contributed by atoms with Crippen LogP contribution in [0.1, 0.15) is 16.8 Å². The summed E-state index contributed by atoms with van der Waals surface area (Å²) in [5, 5.41) is 0. The predicted octanol–water partition coefficient (Wildman–Crippen LogP) is 3.37. The second-order valence-electron chi connectivity index (χ2n) is 6.94. The van der Waals surface area contributed by atoms with Gasteiger partial charge in [0, 0.05) is 24.5 Å². The first-order valence-corrected chi connectivity index (χ1v) is 8.95. The summed E-state index contributed by atoms with van der Waals surface area (Å²) < 4.78 is 28.0. The number of carbonyl (C=O) groups excluding carboxylic acids is 1. The highest BCUT2D eigenvalue weighted by Crippen LogP contribution is 2.40. The molecule has 1 atom stereocenters. The van der Waals surface area contributed by atoms with Gasteiger partial charge in [-0.3, -0.25) is 14.7 Å². The molecule has 2 heterocycles. The molecule has 5 nitrogen and oxygen atoms in total. The number of aliphatic imine (C=N–C) groups is 1. The van der Waals surface area contributed by atoms with Crippen molar-refractivity contribution in [3.8, 4) is 11.1 Å². The van der Waals surface area contributed by atoms with Gasteiger partial charge in [-0.25, -0.2) is 13.8 Å². The van der Waals surface area contributed by atoms with Gasteiger partial charge in [-0.1, -0.05) is 18.2 Å². The molecule has 0 saturated heterocycles. The topological polar surface area (TPSA) is 71.6 Å². The average molecular weight is 392 g/mol. The molecule has 0 fully saturated rings. The van der Waals surface area contributed by atoms with E-state index in [1.54, 1.807) is 49.6 Å². The Bertz CT molecular complexity index is 1160. The molecule has 4 rings (SSSR count). The lowest BCUT2D eigenvalue weighted by Gasteiger charge is -2.26. The Balaban J connectivity index is 1.96. The van der Waals surface area contributed by atoms with Crippen molar-refractivity contribution in [2.45, 2.75) is 12.5 Å². The zero-order valence-corrected chi connectivity index (χ0v) is 15.9. The number of amides is 1. The van der Waals surface area contributed by atoms with E-state index in [9.17, 15) is 13.6 Å². The molecule has 2 aromatic carbocycles. The summed E-state index contributed by atoms with van der Waals surface area (Å²) in [7, 11) is 1.55. The van der Waals surface area contributed by atoms with E-state index in [-0.39, 0.29) is 17.4 Å². The Morgan fingerprint density at radius 3 is 2.48 bits per heavy atom. The number of carbonyl (C=O) groups is 1. The maximum absolute atomic E-state index is 14.3. The first-order valence-electron chi connectivity index (χ1n) is 8.95. The lowest BCUT2D eigenvalue weighted by Crippen LogP contribution is -2.41. The molecular formula is C22H18F2N4O. The lowest BCUT2D eigenvalue weighted by molar-refractivity contribution is -0.129. The molecule has 29 heavy (non-hydrogen) atoms. The summed E-state index contributed by atoms with van der Waals surface area (Å²) in [5.41, 5.74) is 6.90. The molecule has 0 spiro atoms. The number of hydrogen-bond donors (Lipinski definition) is 1. The van der Waals surface area contributed by atoms with Crippen molar-refractivity contribution in [2.24, 2.45) is 10.7 Å². The van der Waals surface area contributed by atoms with Gasteiger partial charge in [0.1, 0.15) is 11.6 Å². The van der Waals surface area contributed by atoms with E-state index in [2.05, 4.69) is 9.98 Å². The van der Waals surface area contributed by atoms with Crippen LogP contribution in [0.5, 0.6) is 0 Å². The van der Waals surface area contributed by atoms with Gasteiger partial charge < -0.3 is 5.73 Å². The fourth-order valence-electron chi connectivity index (χ4n) is 3.59. The molecule has 0 aliphatic carbocycles. The van der Waals surface area contributed by atoms with Gasteiger partial charge in [0.15, 0.2) is 11.5 Å². The molecule has 7 heteroatoms. The second-order valence-corrected chi connectivity index (χ2v) is 6.94. The van der Waals surface area contributed by atoms with E-state index in [4.69, 9.17) is 5.73 Å². The first kappa shape index (κ1) is 18.7. The summed E-state index contributed by atoms with van der Waals surface area (Å²) in [6.07, 6.45) is 1.60. The third kappa shape index (κ3) is 2.95. The smallest absolute Gasteiger partial charge is 0.266 e. The predicted molar refractivity (Wildman–Crippen MR) is 106 cm³/mol. The van der Waals surface area contributed by atoms with E-state index in [1.807, 2.05) is 6.92 Å². The maximum Gasteiger partial charge on any atom is 0.266 e. The standard InChI is InChI=1S/C22H18F2N4O/c1-13-10-16(8-9-26-13)22(20(29)28(2)21(25)27-22)15-5-3-4-14(11-15)18-12-17(23)6-7-19(18)24/h3-12H,1-2H3,(H2,25,27). The minimum atomic E-state index is -1.42. The molecule has 2 N–H and O–H groups in total. The van der Waals surface area contributed by atoms with Gasteiger partial charge in [-0.15, -0.1) is 0 Å². The van der Waals surface area contributed by atoms with Crippen LogP contribution >= 0.6 is 0 Å². The van der Waals surface area contributed by atoms with Gasteiger partial charge in [-0.05, 0) is 60.0 Å². The van der Waals surface area contributed by atoms with Gasteiger partial charge in [-0.2, -0.15) is 0 Å². The second kappa shape index (κ2) is 6.77. The summed E-state index contributed by atoms with van der Waals surface area (Å²) >= 11 is 0. The molecule has 0 bridgehead atoms. The number of hydrogen-bond acceptors (Lipinski definition) is 4. The molecule has 1 aromatic heterocycles. The van der Waals surface area contributed by atoms with Crippen LogP contribution in [0.4, 0.5) is 8.78 Å². The highest BCUT2D eigenvalue weighted by Gasteiger charge is 2.49. The Morgan fingerprint density at radius 2 is 1.79 bits per heavy atom. The first-order chi connectivity index (χ1) is 13.8. The van der Waals surface area contributed by atoms with Gasteiger partial charge in [0.25, 0.3) is 5.91 Å². The van der Waals surface area contributed by atoms with Crippen LogP contribution in [0.2, 0.25) is 0 Å². The monoisotopic (exact) mass is 392 g/mol. The van der Waals surface area contributed by atoms with Crippen molar-refractivity contribution in [3.05, 3.63) is 89.2 Å². The Morgan fingerprint density at radius 1 is 1.03 bits per heavy atom. The molecule has 0 saturated carbocycles. The van der Waals surface area contributed by atoms with Crippen LogP contribution in [0.3, 0.4) is 0 Å². The van der Waals surface area contributed by atoms with Crippen LogP contribution in [0, 0.1) is 18.6 Å². The Labute approximate surface area is 166 Å². The van der Waals surface area contributed by atoms with Crippen LogP contribution in [-0.4, -0.2) is 28.8 Å². The van der Waals surface area contributed by atoms with Gasteiger partial charge in [0.05, 0.1) is 0 Å². The quantitative estimate of drug-likeness (QED) is 0.743. The van der Waals surface area contributed by atoms with E-state index in [0.29, 0.717) is 22.4 Å². The number of nitrogens with two attached hydrogens (primary N) is 1. The van der Waals surface area contributed by atoms with Crippen molar-refractivity contribution >= 4 is 11.9 Å². The number of nitrogens with zero attached hydrogens (tertiary/aromatic N) is 3. The summed E-state index contributed by atoms with van der Waals surface area (Å²) in [5.74, 6) is -1.37. The third-order valence-corrected chi connectivity index (χ3v) is 5.07. The minimum Gasteiger partial charge on any atom is -0.369 e.